The van der Waals surface area contributed by atoms with Crippen LogP contribution < -0.4 is 0 Å². The molecular weight excluding hydrogens is 472 g/mol. The van der Waals surface area contributed by atoms with Gasteiger partial charge in [-0.3, -0.25) is 0 Å². The molecule has 0 fully saturated rings. The predicted octanol–water partition coefficient (Wildman–Crippen LogP) is 10.8. The molecule has 0 saturated heterocycles. The SMILES string of the molecule is CCc1ccc(-c2ccc(-c3ccc(-c4ccc(-c5cccc6c5oc5ccccc56)cc4)cc3)cc2)cc1. The molecule has 6 aromatic carbocycles. The lowest BCUT2D eigenvalue weighted by molar-refractivity contribution is 0.670. The van der Waals surface area contributed by atoms with E-state index in [-0.39, 0.29) is 0 Å². The molecule has 39 heavy (non-hydrogen) atoms. The molecule has 0 N–H and O–H groups in total. The van der Waals surface area contributed by atoms with E-state index in [1.54, 1.807) is 0 Å². The largest absolute Gasteiger partial charge is 0.455 e. The highest BCUT2D eigenvalue weighted by molar-refractivity contribution is 6.09. The van der Waals surface area contributed by atoms with Gasteiger partial charge in [-0.15, -0.1) is 0 Å². The minimum Gasteiger partial charge on any atom is -0.455 e. The molecule has 1 heterocycles. The monoisotopic (exact) mass is 500 g/mol. The van der Waals surface area contributed by atoms with Crippen LogP contribution >= 0.6 is 0 Å². The molecule has 0 aliphatic rings. The maximum Gasteiger partial charge on any atom is 0.143 e. The Morgan fingerprint density at radius 3 is 1.36 bits per heavy atom. The predicted molar refractivity (Wildman–Crippen MR) is 165 cm³/mol. The van der Waals surface area contributed by atoms with Crippen LogP contribution in [0.2, 0.25) is 0 Å². The number of aryl methyl sites for hydroxylation is 1. The van der Waals surface area contributed by atoms with E-state index < -0.39 is 0 Å². The van der Waals surface area contributed by atoms with E-state index in [1.165, 1.54) is 38.9 Å². The fourth-order valence-corrected chi connectivity index (χ4v) is 5.46. The summed E-state index contributed by atoms with van der Waals surface area (Å²) in [5.41, 5.74) is 12.9. The van der Waals surface area contributed by atoms with E-state index in [0.29, 0.717) is 0 Å². The third-order valence-electron chi connectivity index (χ3n) is 7.73. The van der Waals surface area contributed by atoms with Gasteiger partial charge in [0.15, 0.2) is 0 Å². The summed E-state index contributed by atoms with van der Waals surface area (Å²) in [6.07, 6.45) is 1.07. The molecule has 7 aromatic rings. The van der Waals surface area contributed by atoms with Gasteiger partial charge in [0, 0.05) is 16.3 Å². The standard InChI is InChI=1S/C38H28O/c1-2-26-10-12-27(13-11-26)28-14-16-29(17-15-28)30-18-20-31(21-19-30)32-22-24-33(25-23-32)34-7-5-8-36-35-6-3-4-9-37(35)39-38(34)36/h3-25H,2H2,1H3. The van der Waals surface area contributed by atoms with Crippen LogP contribution in [0, 0.1) is 0 Å². The Balaban J connectivity index is 1.12. The zero-order valence-corrected chi connectivity index (χ0v) is 21.9. The summed E-state index contributed by atoms with van der Waals surface area (Å²) < 4.78 is 6.25. The summed E-state index contributed by atoms with van der Waals surface area (Å²) in [6, 6.07) is 50.0. The molecule has 0 radical (unpaired) electrons. The zero-order chi connectivity index (χ0) is 26.2. The average molecular weight is 501 g/mol. The van der Waals surface area contributed by atoms with Crippen molar-refractivity contribution in [2.75, 3.05) is 0 Å². The first-order valence-corrected chi connectivity index (χ1v) is 13.6. The number of furan rings is 1. The fraction of sp³-hybridized carbons (Fsp3) is 0.0526. The molecule has 0 spiro atoms. The second-order valence-electron chi connectivity index (χ2n) is 10.1. The van der Waals surface area contributed by atoms with Gasteiger partial charge in [0.1, 0.15) is 11.2 Å². The molecule has 1 heteroatoms. The lowest BCUT2D eigenvalue weighted by Gasteiger charge is -2.08. The van der Waals surface area contributed by atoms with Crippen molar-refractivity contribution >= 4 is 21.9 Å². The maximum absolute atomic E-state index is 6.25. The van der Waals surface area contributed by atoms with Crippen LogP contribution in [0.4, 0.5) is 0 Å². The Labute approximate surface area is 229 Å². The summed E-state index contributed by atoms with van der Waals surface area (Å²) in [6.45, 7) is 2.19. The number of hydrogen-bond donors (Lipinski definition) is 0. The molecule has 0 aliphatic carbocycles. The molecular formula is C38H28O. The smallest absolute Gasteiger partial charge is 0.143 e. The van der Waals surface area contributed by atoms with Crippen LogP contribution in [0.3, 0.4) is 0 Å². The van der Waals surface area contributed by atoms with E-state index in [0.717, 1.165) is 39.5 Å². The molecule has 1 nitrogen and oxygen atoms in total. The maximum atomic E-state index is 6.25. The normalized spacial score (nSPS) is 11.3. The second kappa shape index (κ2) is 9.78. The minimum absolute atomic E-state index is 0.928. The summed E-state index contributed by atoms with van der Waals surface area (Å²) in [7, 11) is 0. The van der Waals surface area contributed by atoms with E-state index in [2.05, 4.69) is 134 Å². The van der Waals surface area contributed by atoms with Gasteiger partial charge in [-0.2, -0.15) is 0 Å². The first-order chi connectivity index (χ1) is 19.3. The lowest BCUT2D eigenvalue weighted by Crippen LogP contribution is -1.84. The van der Waals surface area contributed by atoms with Gasteiger partial charge in [0.25, 0.3) is 0 Å². The number of rotatable bonds is 5. The molecule has 186 valence electrons. The third kappa shape index (κ3) is 4.32. The van der Waals surface area contributed by atoms with Crippen molar-refractivity contribution in [3.05, 3.63) is 145 Å². The Morgan fingerprint density at radius 2 is 0.846 bits per heavy atom. The average Bonchev–Trinajstić information content (AvgIpc) is 3.40. The highest BCUT2D eigenvalue weighted by atomic mass is 16.3. The first kappa shape index (κ1) is 23.3. The molecule has 0 aliphatic heterocycles. The molecule has 7 rings (SSSR count). The topological polar surface area (TPSA) is 13.1 Å². The van der Waals surface area contributed by atoms with Crippen molar-refractivity contribution in [2.45, 2.75) is 13.3 Å². The van der Waals surface area contributed by atoms with E-state index in [1.807, 2.05) is 12.1 Å². The summed E-state index contributed by atoms with van der Waals surface area (Å²) in [4.78, 5) is 0. The zero-order valence-electron chi connectivity index (χ0n) is 21.9. The Bertz CT molecular complexity index is 1890. The van der Waals surface area contributed by atoms with Crippen molar-refractivity contribution in [1.29, 1.82) is 0 Å². The van der Waals surface area contributed by atoms with Gasteiger partial charge < -0.3 is 4.42 Å². The van der Waals surface area contributed by atoms with Crippen LogP contribution in [0.15, 0.2) is 144 Å². The summed E-state index contributed by atoms with van der Waals surface area (Å²) in [5, 5.41) is 2.32. The van der Waals surface area contributed by atoms with Crippen LogP contribution in [-0.2, 0) is 6.42 Å². The first-order valence-electron chi connectivity index (χ1n) is 13.6. The van der Waals surface area contributed by atoms with Crippen molar-refractivity contribution in [2.24, 2.45) is 0 Å². The molecule has 1 aromatic heterocycles. The van der Waals surface area contributed by atoms with E-state index in [4.69, 9.17) is 4.42 Å². The molecule has 0 atom stereocenters. The van der Waals surface area contributed by atoms with Crippen LogP contribution in [0.25, 0.3) is 66.4 Å². The Hall–Kier alpha value is -4.88. The quantitative estimate of drug-likeness (QED) is 0.229. The number of para-hydroxylation sites is 2. The van der Waals surface area contributed by atoms with Gasteiger partial charge in [0.2, 0.25) is 0 Å². The van der Waals surface area contributed by atoms with Gasteiger partial charge in [-0.25, -0.2) is 0 Å². The van der Waals surface area contributed by atoms with E-state index in [9.17, 15) is 0 Å². The van der Waals surface area contributed by atoms with Crippen LogP contribution in [0.1, 0.15) is 12.5 Å². The van der Waals surface area contributed by atoms with Crippen molar-refractivity contribution in [1.82, 2.24) is 0 Å². The molecule has 0 bridgehead atoms. The minimum atomic E-state index is 0.928. The Kier molecular flexibility index (Phi) is 5.83. The second-order valence-corrected chi connectivity index (χ2v) is 10.1. The highest BCUT2D eigenvalue weighted by Crippen LogP contribution is 2.36. The van der Waals surface area contributed by atoms with Crippen molar-refractivity contribution in [3.63, 3.8) is 0 Å². The summed E-state index contributed by atoms with van der Waals surface area (Å²) in [5.74, 6) is 0. The van der Waals surface area contributed by atoms with E-state index >= 15 is 0 Å². The molecule has 0 amide bonds. The molecule has 0 saturated carbocycles. The van der Waals surface area contributed by atoms with Gasteiger partial charge in [-0.1, -0.05) is 140 Å². The number of hydrogen-bond acceptors (Lipinski definition) is 1. The number of benzene rings is 6. The lowest BCUT2D eigenvalue weighted by atomic mass is 9.96. The van der Waals surface area contributed by atoms with Gasteiger partial charge >= 0.3 is 0 Å². The van der Waals surface area contributed by atoms with Crippen molar-refractivity contribution < 1.29 is 4.42 Å². The van der Waals surface area contributed by atoms with Crippen LogP contribution in [-0.4, -0.2) is 0 Å². The summed E-state index contributed by atoms with van der Waals surface area (Å²) >= 11 is 0. The highest BCUT2D eigenvalue weighted by Gasteiger charge is 2.12. The van der Waals surface area contributed by atoms with Crippen molar-refractivity contribution in [3.8, 4) is 44.5 Å². The van der Waals surface area contributed by atoms with Gasteiger partial charge in [0.05, 0.1) is 0 Å². The van der Waals surface area contributed by atoms with Gasteiger partial charge in [-0.05, 0) is 57.0 Å². The Morgan fingerprint density at radius 1 is 0.410 bits per heavy atom. The van der Waals surface area contributed by atoms with Crippen LogP contribution in [0.5, 0.6) is 0 Å². The third-order valence-corrected chi connectivity index (χ3v) is 7.73. The fourth-order valence-electron chi connectivity index (χ4n) is 5.46. The number of fused-ring (bicyclic) bond motifs is 3. The molecule has 0 unspecified atom stereocenters.